The lowest BCUT2D eigenvalue weighted by atomic mass is 9.97. The van der Waals surface area contributed by atoms with Gasteiger partial charge in [0.1, 0.15) is 18.0 Å². The lowest BCUT2D eigenvalue weighted by molar-refractivity contribution is -0.0150. The highest BCUT2D eigenvalue weighted by molar-refractivity contribution is 5.29. The van der Waals surface area contributed by atoms with E-state index in [2.05, 4.69) is 0 Å². The average molecular weight is 260 g/mol. The van der Waals surface area contributed by atoms with Crippen molar-refractivity contribution in [1.29, 1.82) is 0 Å². The number of hydrogen-bond donors (Lipinski definition) is 1. The molecule has 0 radical (unpaired) electrons. The van der Waals surface area contributed by atoms with Crippen LogP contribution in [0.5, 0.6) is 0 Å². The Labute approximate surface area is 112 Å². The van der Waals surface area contributed by atoms with Crippen LogP contribution in [-0.4, -0.2) is 12.2 Å². The summed E-state index contributed by atoms with van der Waals surface area (Å²) in [5.74, 6) is -0.350. The van der Waals surface area contributed by atoms with Crippen LogP contribution in [0.15, 0.2) is 48.5 Å². The van der Waals surface area contributed by atoms with E-state index in [1.165, 1.54) is 19.2 Å². The van der Waals surface area contributed by atoms with Gasteiger partial charge in [-0.3, -0.25) is 0 Å². The fourth-order valence-electron chi connectivity index (χ4n) is 2.20. The predicted molar refractivity (Wildman–Crippen MR) is 72.3 cm³/mol. The van der Waals surface area contributed by atoms with Crippen molar-refractivity contribution in [3.05, 3.63) is 71.0 Å². The molecule has 100 valence electrons. The number of methoxy groups -OCH3 is 1. The predicted octanol–water partition coefficient (Wildman–Crippen LogP) is 3.56. The minimum atomic E-state index is -0.901. The van der Waals surface area contributed by atoms with E-state index < -0.39 is 12.2 Å². The van der Waals surface area contributed by atoms with Crippen molar-refractivity contribution in [2.24, 2.45) is 0 Å². The van der Waals surface area contributed by atoms with Crippen molar-refractivity contribution in [2.45, 2.75) is 19.1 Å². The summed E-state index contributed by atoms with van der Waals surface area (Å²) >= 11 is 0. The second-order valence-electron chi connectivity index (χ2n) is 4.57. The first-order valence-corrected chi connectivity index (χ1v) is 6.14. The van der Waals surface area contributed by atoms with Gasteiger partial charge in [-0.25, -0.2) is 4.39 Å². The number of rotatable bonds is 4. The number of benzene rings is 2. The van der Waals surface area contributed by atoms with Gasteiger partial charge in [-0.15, -0.1) is 0 Å². The van der Waals surface area contributed by atoms with Gasteiger partial charge in [0.15, 0.2) is 0 Å². The molecule has 0 spiro atoms. The molecule has 2 atom stereocenters. The zero-order chi connectivity index (χ0) is 13.8. The Morgan fingerprint density at radius 3 is 2.32 bits per heavy atom. The van der Waals surface area contributed by atoms with Crippen LogP contribution in [0.3, 0.4) is 0 Å². The molecular formula is C16H17FO2. The topological polar surface area (TPSA) is 29.5 Å². The first-order chi connectivity index (χ1) is 9.11. The normalized spacial score (nSPS) is 14.1. The zero-order valence-corrected chi connectivity index (χ0v) is 11.0. The molecule has 0 saturated carbocycles. The molecule has 0 bridgehead atoms. The third-order valence-corrected chi connectivity index (χ3v) is 3.07. The molecule has 2 unspecified atom stereocenters. The third-order valence-electron chi connectivity index (χ3n) is 3.07. The number of aryl methyl sites for hydroxylation is 1. The van der Waals surface area contributed by atoms with E-state index in [4.69, 9.17) is 4.74 Å². The van der Waals surface area contributed by atoms with Crippen LogP contribution in [0.2, 0.25) is 0 Å². The van der Waals surface area contributed by atoms with Crippen molar-refractivity contribution < 1.29 is 14.2 Å². The van der Waals surface area contributed by atoms with Crippen LogP contribution in [0.1, 0.15) is 28.9 Å². The maximum atomic E-state index is 13.4. The molecule has 0 saturated heterocycles. The summed E-state index contributed by atoms with van der Waals surface area (Å²) in [6, 6.07) is 14.0. The monoisotopic (exact) mass is 260 g/mol. The molecule has 2 rings (SSSR count). The molecule has 0 aliphatic carbocycles. The fraction of sp³-hybridized carbons (Fsp3) is 0.250. The van der Waals surface area contributed by atoms with Crippen LogP contribution in [-0.2, 0) is 4.74 Å². The molecule has 0 amide bonds. The molecule has 2 aromatic rings. The maximum Gasteiger partial charge on any atom is 0.123 e. The Balaban J connectivity index is 2.33. The van der Waals surface area contributed by atoms with Gasteiger partial charge in [-0.1, -0.05) is 36.4 Å². The molecule has 0 heterocycles. The number of aliphatic hydroxyl groups excluding tert-OH is 1. The van der Waals surface area contributed by atoms with Crippen molar-refractivity contribution in [1.82, 2.24) is 0 Å². The second-order valence-corrected chi connectivity index (χ2v) is 4.57. The average Bonchev–Trinajstić information content (AvgIpc) is 2.39. The van der Waals surface area contributed by atoms with E-state index in [0.29, 0.717) is 5.56 Å². The molecule has 0 aliphatic heterocycles. The van der Waals surface area contributed by atoms with Crippen molar-refractivity contribution in [2.75, 3.05) is 7.11 Å². The summed E-state index contributed by atoms with van der Waals surface area (Å²) in [5.41, 5.74) is 2.16. The van der Waals surface area contributed by atoms with Crippen molar-refractivity contribution in [3.8, 4) is 0 Å². The summed E-state index contributed by atoms with van der Waals surface area (Å²) in [4.78, 5) is 0. The number of ether oxygens (including phenoxy) is 1. The molecular weight excluding hydrogens is 243 g/mol. The lowest BCUT2D eigenvalue weighted by Gasteiger charge is -2.22. The molecule has 2 aromatic carbocycles. The summed E-state index contributed by atoms with van der Waals surface area (Å²) in [6.45, 7) is 1.80. The molecule has 3 heteroatoms. The fourth-order valence-corrected chi connectivity index (χ4v) is 2.20. The van der Waals surface area contributed by atoms with E-state index in [0.717, 1.165) is 11.1 Å². The van der Waals surface area contributed by atoms with Gasteiger partial charge in [0.2, 0.25) is 0 Å². The van der Waals surface area contributed by atoms with Crippen LogP contribution >= 0.6 is 0 Å². The van der Waals surface area contributed by atoms with Gasteiger partial charge < -0.3 is 9.84 Å². The van der Waals surface area contributed by atoms with E-state index in [-0.39, 0.29) is 5.82 Å². The lowest BCUT2D eigenvalue weighted by Crippen LogP contribution is -2.13. The first kappa shape index (κ1) is 13.7. The molecule has 0 fully saturated rings. The van der Waals surface area contributed by atoms with Crippen molar-refractivity contribution in [3.63, 3.8) is 0 Å². The van der Waals surface area contributed by atoms with Gasteiger partial charge in [0.25, 0.3) is 0 Å². The Morgan fingerprint density at radius 2 is 1.74 bits per heavy atom. The maximum absolute atomic E-state index is 13.4. The summed E-state index contributed by atoms with van der Waals surface area (Å²) < 4.78 is 18.8. The van der Waals surface area contributed by atoms with Gasteiger partial charge in [0.05, 0.1) is 0 Å². The summed E-state index contributed by atoms with van der Waals surface area (Å²) in [7, 11) is 1.53. The van der Waals surface area contributed by atoms with E-state index in [9.17, 15) is 9.50 Å². The molecule has 19 heavy (non-hydrogen) atoms. The van der Waals surface area contributed by atoms with Gasteiger partial charge in [-0.2, -0.15) is 0 Å². The minimum absolute atomic E-state index is 0.350. The van der Waals surface area contributed by atoms with Gasteiger partial charge in [0, 0.05) is 7.11 Å². The highest BCUT2D eigenvalue weighted by Crippen LogP contribution is 2.32. The smallest absolute Gasteiger partial charge is 0.123 e. The number of hydrogen-bond acceptors (Lipinski definition) is 2. The van der Waals surface area contributed by atoms with Crippen LogP contribution < -0.4 is 0 Å². The molecule has 1 N–H and O–H groups in total. The standard InChI is InChI=1S/C16H17FO2/c1-11-8-13(10-14(17)9-11)15(18)16(19-2)12-6-4-3-5-7-12/h3-10,15-16,18H,1-2H3. The van der Waals surface area contributed by atoms with E-state index >= 15 is 0 Å². The summed E-state index contributed by atoms with van der Waals surface area (Å²) in [5, 5.41) is 10.4. The molecule has 2 nitrogen and oxygen atoms in total. The van der Waals surface area contributed by atoms with E-state index in [1.807, 2.05) is 30.3 Å². The van der Waals surface area contributed by atoms with Crippen LogP contribution in [0.25, 0.3) is 0 Å². The van der Waals surface area contributed by atoms with Crippen molar-refractivity contribution >= 4 is 0 Å². The SMILES string of the molecule is COC(c1ccccc1)C(O)c1cc(C)cc(F)c1. The first-order valence-electron chi connectivity index (χ1n) is 6.14. The Bertz CT molecular complexity index is 519. The minimum Gasteiger partial charge on any atom is -0.385 e. The number of halogens is 1. The Kier molecular flexibility index (Phi) is 4.30. The highest BCUT2D eigenvalue weighted by atomic mass is 19.1. The van der Waals surface area contributed by atoms with Crippen LogP contribution in [0, 0.1) is 12.7 Å². The second kappa shape index (κ2) is 5.95. The Morgan fingerprint density at radius 1 is 1.05 bits per heavy atom. The number of aliphatic hydroxyl groups is 1. The summed E-state index contributed by atoms with van der Waals surface area (Å²) in [6.07, 6.45) is -1.41. The largest absolute Gasteiger partial charge is 0.385 e. The molecule has 0 aromatic heterocycles. The third kappa shape index (κ3) is 3.19. The molecule has 0 aliphatic rings. The highest BCUT2D eigenvalue weighted by Gasteiger charge is 2.22. The quantitative estimate of drug-likeness (QED) is 0.910. The van der Waals surface area contributed by atoms with E-state index in [1.54, 1.807) is 13.0 Å². The van der Waals surface area contributed by atoms with Crippen LogP contribution in [0.4, 0.5) is 4.39 Å². The van der Waals surface area contributed by atoms with Gasteiger partial charge >= 0.3 is 0 Å². The Hall–Kier alpha value is -1.71. The zero-order valence-electron chi connectivity index (χ0n) is 11.0. The van der Waals surface area contributed by atoms with Gasteiger partial charge in [-0.05, 0) is 35.7 Å².